The monoisotopic (exact) mass is 373 g/mol. The van der Waals surface area contributed by atoms with Gasteiger partial charge in [0.05, 0.1) is 11.9 Å². The summed E-state index contributed by atoms with van der Waals surface area (Å²) in [5.74, 6) is 0.412. The van der Waals surface area contributed by atoms with E-state index >= 15 is 0 Å². The molecule has 3 aromatic heterocycles. The lowest BCUT2D eigenvalue weighted by Gasteiger charge is -2.08. The molecule has 1 N–H and O–H groups in total. The van der Waals surface area contributed by atoms with Gasteiger partial charge in [-0.25, -0.2) is 19.5 Å². The molecule has 0 bridgehead atoms. The van der Waals surface area contributed by atoms with Gasteiger partial charge in [-0.05, 0) is 23.4 Å². The van der Waals surface area contributed by atoms with Gasteiger partial charge in [0.25, 0.3) is 5.56 Å². The van der Waals surface area contributed by atoms with Crippen LogP contribution in [0.1, 0.15) is 11.1 Å². The van der Waals surface area contributed by atoms with Gasteiger partial charge in [0, 0.05) is 42.4 Å². The van der Waals surface area contributed by atoms with Crippen LogP contribution in [-0.2, 0) is 6.42 Å². The fourth-order valence-corrected chi connectivity index (χ4v) is 2.58. The number of aromatic nitrogens is 5. The molecule has 0 saturated carbocycles. The van der Waals surface area contributed by atoms with Crippen molar-refractivity contribution < 1.29 is 9.13 Å². The Kier molecular flexibility index (Phi) is 5.90. The predicted molar refractivity (Wildman–Crippen MR) is 96.8 cm³/mol. The zero-order chi connectivity index (χ0) is 18.4. The number of aromatic amines is 1. The van der Waals surface area contributed by atoms with Crippen LogP contribution in [0.15, 0.2) is 41.7 Å². The maximum Gasteiger partial charge on any atom is 0.316 e. The molecule has 3 rings (SSSR count). The number of ether oxygens (including phenoxy) is 1. The van der Waals surface area contributed by atoms with E-state index in [0.29, 0.717) is 35.4 Å². The van der Waals surface area contributed by atoms with Crippen LogP contribution >= 0.6 is 11.8 Å². The molecule has 0 aliphatic heterocycles. The largest absolute Gasteiger partial charge is 0.463 e. The summed E-state index contributed by atoms with van der Waals surface area (Å²) in [6.45, 7) is 0.523. The second kappa shape index (κ2) is 8.52. The van der Waals surface area contributed by atoms with Gasteiger partial charge in [-0.1, -0.05) is 0 Å². The van der Waals surface area contributed by atoms with E-state index in [-0.39, 0.29) is 11.6 Å². The van der Waals surface area contributed by atoms with Crippen LogP contribution in [0.5, 0.6) is 6.01 Å². The smallest absolute Gasteiger partial charge is 0.316 e. The Balaban J connectivity index is 1.86. The Labute approximate surface area is 153 Å². The molecule has 0 radical (unpaired) electrons. The van der Waals surface area contributed by atoms with Crippen LogP contribution in [0.3, 0.4) is 0 Å². The first-order valence-corrected chi connectivity index (χ1v) is 9.17. The Morgan fingerprint density at radius 2 is 2.00 bits per heavy atom. The number of hydrogen-bond donors (Lipinski definition) is 1. The van der Waals surface area contributed by atoms with E-state index in [1.807, 2.05) is 6.26 Å². The van der Waals surface area contributed by atoms with Crippen molar-refractivity contribution in [3.63, 3.8) is 0 Å². The van der Waals surface area contributed by atoms with Gasteiger partial charge in [0.15, 0.2) is 0 Å². The van der Waals surface area contributed by atoms with Crippen molar-refractivity contribution in [2.45, 2.75) is 6.42 Å². The van der Waals surface area contributed by atoms with E-state index in [2.05, 4.69) is 25.1 Å². The number of H-pyrrole nitrogens is 1. The Morgan fingerprint density at radius 1 is 1.19 bits per heavy atom. The molecule has 3 heterocycles. The van der Waals surface area contributed by atoms with Crippen molar-refractivity contribution in [3.8, 4) is 17.3 Å². The summed E-state index contributed by atoms with van der Waals surface area (Å²) in [5, 5.41) is 6.50. The fraction of sp³-hybridized carbons (Fsp3) is 0.235. The number of nitrogens with one attached hydrogen (secondary N) is 1. The molecular formula is C17H16FN5O2S. The number of rotatable bonds is 7. The third-order valence-electron chi connectivity index (χ3n) is 3.46. The first-order valence-electron chi connectivity index (χ1n) is 7.78. The first-order chi connectivity index (χ1) is 12.7. The highest BCUT2D eigenvalue weighted by Gasteiger charge is 2.11. The second-order valence-corrected chi connectivity index (χ2v) is 6.38. The fourth-order valence-electron chi connectivity index (χ4n) is 2.33. The Bertz CT molecular complexity index is 933. The summed E-state index contributed by atoms with van der Waals surface area (Å²) in [4.78, 5) is 23.8. The topological polar surface area (TPSA) is 93.7 Å². The van der Waals surface area contributed by atoms with Crippen LogP contribution in [0.4, 0.5) is 4.39 Å². The van der Waals surface area contributed by atoms with Gasteiger partial charge in [-0.3, -0.25) is 9.78 Å². The van der Waals surface area contributed by atoms with Gasteiger partial charge >= 0.3 is 6.01 Å². The van der Waals surface area contributed by atoms with Crippen molar-refractivity contribution in [3.05, 3.63) is 64.2 Å². The van der Waals surface area contributed by atoms with Gasteiger partial charge in [0.1, 0.15) is 12.4 Å². The first kappa shape index (κ1) is 18.0. The SMILES string of the molecule is CSCCOc1ncc(-c2n[nH]c(=O)cc2Cc2cncc(F)c2)cn1. The lowest BCUT2D eigenvalue weighted by atomic mass is 10.0. The summed E-state index contributed by atoms with van der Waals surface area (Å²) in [5.41, 5.74) is 2.06. The highest BCUT2D eigenvalue weighted by Crippen LogP contribution is 2.21. The summed E-state index contributed by atoms with van der Waals surface area (Å²) in [7, 11) is 0. The lowest BCUT2D eigenvalue weighted by Crippen LogP contribution is -2.11. The minimum Gasteiger partial charge on any atom is -0.463 e. The van der Waals surface area contributed by atoms with Gasteiger partial charge < -0.3 is 4.74 Å². The zero-order valence-electron chi connectivity index (χ0n) is 14.0. The number of halogens is 1. The van der Waals surface area contributed by atoms with Crippen molar-refractivity contribution in [1.29, 1.82) is 0 Å². The Hall–Kier alpha value is -2.81. The van der Waals surface area contributed by atoms with E-state index in [9.17, 15) is 9.18 Å². The molecule has 134 valence electrons. The molecule has 0 saturated heterocycles. The maximum atomic E-state index is 13.4. The van der Waals surface area contributed by atoms with Crippen LogP contribution in [0.25, 0.3) is 11.3 Å². The van der Waals surface area contributed by atoms with Crippen molar-refractivity contribution in [1.82, 2.24) is 25.1 Å². The molecule has 0 atom stereocenters. The van der Waals surface area contributed by atoms with Gasteiger partial charge in [0.2, 0.25) is 0 Å². The van der Waals surface area contributed by atoms with E-state index in [4.69, 9.17) is 4.74 Å². The highest BCUT2D eigenvalue weighted by atomic mass is 32.2. The quantitative estimate of drug-likeness (QED) is 0.634. The molecule has 3 aromatic rings. The number of hydrogen-bond acceptors (Lipinski definition) is 7. The van der Waals surface area contributed by atoms with Crippen LogP contribution in [0.2, 0.25) is 0 Å². The standard InChI is InChI=1S/C17H16FN5O2S/c1-26-3-2-25-17-20-8-13(9-21-17)16-12(6-15(24)22-23-16)4-11-5-14(18)10-19-7-11/h5-10H,2-4H2,1H3,(H,22,24). The van der Waals surface area contributed by atoms with Gasteiger partial charge in [-0.2, -0.15) is 16.9 Å². The summed E-state index contributed by atoms with van der Waals surface area (Å²) >= 11 is 1.67. The van der Waals surface area contributed by atoms with Crippen molar-refractivity contribution in [2.75, 3.05) is 18.6 Å². The van der Waals surface area contributed by atoms with E-state index < -0.39 is 5.82 Å². The number of thioether (sulfide) groups is 1. The molecular weight excluding hydrogens is 357 g/mol. The molecule has 0 fully saturated rings. The summed E-state index contributed by atoms with van der Waals surface area (Å²) < 4.78 is 18.8. The molecule has 0 spiro atoms. The maximum absolute atomic E-state index is 13.4. The third-order valence-corrected chi connectivity index (χ3v) is 4.04. The van der Waals surface area contributed by atoms with Crippen molar-refractivity contribution >= 4 is 11.8 Å². The molecule has 0 amide bonds. The molecule has 0 aliphatic carbocycles. The van der Waals surface area contributed by atoms with E-state index in [1.165, 1.54) is 12.1 Å². The number of nitrogens with zero attached hydrogens (tertiary/aromatic N) is 4. The average Bonchev–Trinajstić information content (AvgIpc) is 2.63. The van der Waals surface area contributed by atoms with Crippen molar-refractivity contribution in [2.24, 2.45) is 0 Å². The molecule has 0 unspecified atom stereocenters. The summed E-state index contributed by atoms with van der Waals surface area (Å²) in [6.07, 6.45) is 8.13. The Morgan fingerprint density at radius 3 is 2.73 bits per heavy atom. The predicted octanol–water partition coefficient (Wildman–Crippen LogP) is 2.09. The average molecular weight is 373 g/mol. The summed E-state index contributed by atoms with van der Waals surface area (Å²) in [6, 6.07) is 3.08. The van der Waals surface area contributed by atoms with Crippen LogP contribution in [0, 0.1) is 5.82 Å². The lowest BCUT2D eigenvalue weighted by molar-refractivity contribution is 0.316. The van der Waals surface area contributed by atoms with E-state index in [0.717, 1.165) is 11.9 Å². The van der Waals surface area contributed by atoms with E-state index in [1.54, 1.807) is 30.4 Å². The number of pyridine rings is 1. The molecule has 9 heteroatoms. The normalized spacial score (nSPS) is 10.7. The minimum absolute atomic E-state index is 0.281. The van der Waals surface area contributed by atoms with Crippen LogP contribution < -0.4 is 10.3 Å². The van der Waals surface area contributed by atoms with Crippen LogP contribution in [-0.4, -0.2) is 43.8 Å². The molecule has 0 aliphatic rings. The molecule has 26 heavy (non-hydrogen) atoms. The molecule has 0 aromatic carbocycles. The minimum atomic E-state index is -0.433. The zero-order valence-corrected chi connectivity index (χ0v) is 14.8. The second-order valence-electron chi connectivity index (χ2n) is 5.39. The highest BCUT2D eigenvalue weighted by molar-refractivity contribution is 7.98. The third kappa shape index (κ3) is 4.63. The molecule has 7 nitrogen and oxygen atoms in total. The van der Waals surface area contributed by atoms with Gasteiger partial charge in [-0.15, -0.1) is 0 Å².